The second kappa shape index (κ2) is 7.19. The Morgan fingerprint density at radius 1 is 1.50 bits per heavy atom. The zero-order valence-electron chi connectivity index (χ0n) is 11.5. The van der Waals surface area contributed by atoms with Crippen molar-refractivity contribution in [2.24, 2.45) is 0 Å². The summed E-state index contributed by atoms with van der Waals surface area (Å²) in [6, 6.07) is 1.44. The van der Waals surface area contributed by atoms with Gasteiger partial charge in [-0.2, -0.15) is 0 Å². The van der Waals surface area contributed by atoms with Crippen LogP contribution < -0.4 is 4.90 Å². The van der Waals surface area contributed by atoms with Gasteiger partial charge in [-0.15, -0.1) is 0 Å². The number of nitro groups is 1. The molecular weight excluding hydrogens is 351 g/mol. The number of nitrogens with zero attached hydrogens (tertiary/aromatic N) is 4. The lowest BCUT2D eigenvalue weighted by Crippen LogP contribution is -2.21. The van der Waals surface area contributed by atoms with Crippen LogP contribution in [0, 0.1) is 17.0 Å². The van der Waals surface area contributed by atoms with Gasteiger partial charge in [0.15, 0.2) is 4.47 Å². The zero-order valence-corrected chi connectivity index (χ0v) is 13.8. The molecule has 7 nitrogen and oxygen atoms in total. The fourth-order valence-electron chi connectivity index (χ4n) is 1.94. The topological polar surface area (TPSA) is 92.4 Å². The first kappa shape index (κ1) is 16.9. The van der Waals surface area contributed by atoms with Gasteiger partial charge in [-0.05, 0) is 19.4 Å². The summed E-state index contributed by atoms with van der Waals surface area (Å²) in [4.78, 5) is 20.5. The summed E-state index contributed by atoms with van der Waals surface area (Å²) < 4.78 is 0.311. The highest BCUT2D eigenvalue weighted by Gasteiger charge is 2.27. The molecule has 0 aliphatic heterocycles. The van der Waals surface area contributed by atoms with Crippen molar-refractivity contribution in [1.29, 1.82) is 0 Å². The average Bonchev–Trinajstić information content (AvgIpc) is 2.84. The molecule has 2 rings (SSSR count). The summed E-state index contributed by atoms with van der Waals surface area (Å²) in [5.74, 6) is 0.115. The van der Waals surface area contributed by atoms with E-state index in [1.54, 1.807) is 11.8 Å². The van der Waals surface area contributed by atoms with E-state index in [-0.39, 0.29) is 23.3 Å². The van der Waals surface area contributed by atoms with Gasteiger partial charge in [0.05, 0.1) is 11.1 Å². The van der Waals surface area contributed by atoms with Gasteiger partial charge in [-0.1, -0.05) is 34.5 Å². The SMILES string of the molecule is Cc1cc(Cl)nc(N(CCCO)c2cnc(Cl)s2)c1[N+](=O)[O-]. The maximum Gasteiger partial charge on any atom is 0.314 e. The lowest BCUT2D eigenvalue weighted by Gasteiger charge is -2.21. The van der Waals surface area contributed by atoms with Crippen molar-refractivity contribution >= 4 is 51.0 Å². The third kappa shape index (κ3) is 3.64. The van der Waals surface area contributed by atoms with E-state index in [1.807, 2.05) is 0 Å². The lowest BCUT2D eigenvalue weighted by atomic mass is 10.2. The van der Waals surface area contributed by atoms with Gasteiger partial charge < -0.3 is 10.0 Å². The number of hydrogen-bond acceptors (Lipinski definition) is 7. The number of halogens is 2. The Kier molecular flexibility index (Phi) is 5.52. The average molecular weight is 363 g/mol. The Morgan fingerprint density at radius 3 is 2.77 bits per heavy atom. The van der Waals surface area contributed by atoms with Crippen LogP contribution in [0.3, 0.4) is 0 Å². The molecule has 0 aliphatic carbocycles. The molecule has 0 aromatic carbocycles. The molecule has 0 fully saturated rings. The van der Waals surface area contributed by atoms with Gasteiger partial charge in [0, 0.05) is 18.7 Å². The summed E-state index contributed by atoms with van der Waals surface area (Å²) in [6.45, 7) is 1.86. The van der Waals surface area contributed by atoms with Crippen molar-refractivity contribution in [3.8, 4) is 0 Å². The Labute approximate surface area is 140 Å². The molecule has 118 valence electrons. The number of aliphatic hydroxyl groups is 1. The summed E-state index contributed by atoms with van der Waals surface area (Å²) in [6.07, 6.45) is 1.91. The van der Waals surface area contributed by atoms with E-state index in [4.69, 9.17) is 28.3 Å². The van der Waals surface area contributed by atoms with E-state index in [1.165, 1.54) is 23.6 Å². The van der Waals surface area contributed by atoms with E-state index in [9.17, 15) is 10.1 Å². The van der Waals surface area contributed by atoms with E-state index < -0.39 is 4.92 Å². The number of aliphatic hydroxyl groups excluding tert-OH is 1. The largest absolute Gasteiger partial charge is 0.396 e. The quantitative estimate of drug-likeness (QED) is 0.479. The molecule has 1 N–H and O–H groups in total. The lowest BCUT2D eigenvalue weighted by molar-refractivity contribution is -0.384. The van der Waals surface area contributed by atoms with Crippen LogP contribution >= 0.6 is 34.5 Å². The molecule has 0 amide bonds. The van der Waals surface area contributed by atoms with Crippen LogP contribution in [0.25, 0.3) is 0 Å². The highest BCUT2D eigenvalue weighted by atomic mass is 35.5. The molecule has 10 heteroatoms. The van der Waals surface area contributed by atoms with Crippen LogP contribution in [0.15, 0.2) is 12.3 Å². The predicted molar refractivity (Wildman–Crippen MR) is 86.5 cm³/mol. The van der Waals surface area contributed by atoms with E-state index in [0.717, 1.165) is 0 Å². The highest BCUT2D eigenvalue weighted by molar-refractivity contribution is 7.19. The Hall–Kier alpha value is -1.48. The smallest absolute Gasteiger partial charge is 0.314 e. The standard InChI is InChI=1S/C12H12Cl2N4O3S/c1-7-5-8(13)16-11(10(7)18(20)21)17(3-2-4-19)9-6-15-12(14)22-9/h5-6,19H,2-4H2,1H3. The van der Waals surface area contributed by atoms with Crippen molar-refractivity contribution in [1.82, 2.24) is 9.97 Å². The molecule has 0 spiro atoms. The van der Waals surface area contributed by atoms with Crippen molar-refractivity contribution < 1.29 is 10.0 Å². The molecule has 2 aromatic rings. The highest BCUT2D eigenvalue weighted by Crippen LogP contribution is 2.38. The Balaban J connectivity index is 2.58. The molecule has 0 atom stereocenters. The zero-order chi connectivity index (χ0) is 16.3. The fraction of sp³-hybridized carbons (Fsp3) is 0.333. The first-order valence-corrected chi connectivity index (χ1v) is 7.82. The Morgan fingerprint density at radius 2 is 2.23 bits per heavy atom. The minimum Gasteiger partial charge on any atom is -0.396 e. The van der Waals surface area contributed by atoms with Crippen LogP contribution in [0.2, 0.25) is 9.62 Å². The third-order valence-corrected chi connectivity index (χ3v) is 4.17. The van der Waals surface area contributed by atoms with Crippen LogP contribution in [-0.4, -0.2) is 33.1 Å². The summed E-state index contributed by atoms with van der Waals surface area (Å²) >= 11 is 13.0. The van der Waals surface area contributed by atoms with Gasteiger partial charge in [-0.3, -0.25) is 10.1 Å². The normalized spacial score (nSPS) is 10.7. The predicted octanol–water partition coefficient (Wildman–Crippen LogP) is 3.58. The maximum atomic E-state index is 11.4. The number of hydrogen-bond donors (Lipinski definition) is 1. The number of anilines is 2. The number of thiazole rings is 1. The third-order valence-electron chi connectivity index (χ3n) is 2.84. The van der Waals surface area contributed by atoms with Crippen molar-refractivity contribution in [3.63, 3.8) is 0 Å². The monoisotopic (exact) mass is 362 g/mol. The summed E-state index contributed by atoms with van der Waals surface area (Å²) in [5, 5.41) is 21.2. The first-order chi connectivity index (χ1) is 10.4. The number of aromatic nitrogens is 2. The fourth-order valence-corrected chi connectivity index (χ4v) is 3.14. The van der Waals surface area contributed by atoms with Gasteiger partial charge in [0.1, 0.15) is 10.2 Å². The molecule has 0 bridgehead atoms. The molecule has 0 radical (unpaired) electrons. The number of rotatable bonds is 6. The summed E-state index contributed by atoms with van der Waals surface area (Å²) in [5.41, 5.74) is 0.275. The van der Waals surface area contributed by atoms with E-state index >= 15 is 0 Å². The number of aryl methyl sites for hydroxylation is 1. The van der Waals surface area contributed by atoms with Gasteiger partial charge in [0.2, 0.25) is 5.82 Å². The van der Waals surface area contributed by atoms with Gasteiger partial charge >= 0.3 is 5.69 Å². The van der Waals surface area contributed by atoms with Crippen LogP contribution in [0.1, 0.15) is 12.0 Å². The van der Waals surface area contributed by atoms with Gasteiger partial charge in [0.25, 0.3) is 0 Å². The first-order valence-electron chi connectivity index (χ1n) is 6.25. The number of pyridine rings is 1. The summed E-state index contributed by atoms with van der Waals surface area (Å²) in [7, 11) is 0. The molecule has 0 aliphatic rings. The van der Waals surface area contributed by atoms with Crippen LogP contribution in [0.4, 0.5) is 16.5 Å². The van der Waals surface area contributed by atoms with Crippen LogP contribution in [-0.2, 0) is 0 Å². The minimum absolute atomic E-state index is 0.0591. The van der Waals surface area contributed by atoms with Crippen LogP contribution in [0.5, 0.6) is 0 Å². The molecule has 0 unspecified atom stereocenters. The van der Waals surface area contributed by atoms with Crippen molar-refractivity contribution in [2.75, 3.05) is 18.1 Å². The molecule has 22 heavy (non-hydrogen) atoms. The van der Waals surface area contributed by atoms with Crippen molar-refractivity contribution in [3.05, 3.63) is 37.6 Å². The molecule has 2 aromatic heterocycles. The molecule has 0 saturated heterocycles. The molecule has 0 saturated carbocycles. The maximum absolute atomic E-state index is 11.4. The molecule has 2 heterocycles. The van der Waals surface area contributed by atoms with Crippen molar-refractivity contribution in [2.45, 2.75) is 13.3 Å². The Bertz CT molecular complexity index is 695. The van der Waals surface area contributed by atoms with E-state index in [2.05, 4.69) is 9.97 Å². The van der Waals surface area contributed by atoms with E-state index in [0.29, 0.717) is 28.0 Å². The minimum atomic E-state index is -0.497. The second-order valence-electron chi connectivity index (χ2n) is 4.37. The second-order valence-corrected chi connectivity index (χ2v) is 6.35. The van der Waals surface area contributed by atoms with Gasteiger partial charge in [-0.25, -0.2) is 9.97 Å². The molecular formula is C12H12Cl2N4O3S.